The average Bonchev–Trinajstić information content (AvgIpc) is 3.21. The summed E-state index contributed by atoms with van der Waals surface area (Å²) in [6, 6.07) is 0. The topological polar surface area (TPSA) is 364 Å². The molecule has 4 fully saturated rings. The molecule has 1 aliphatic heterocycles. The number of aliphatic hydroxyl groups is 14. The summed E-state index contributed by atoms with van der Waals surface area (Å²) in [6.07, 6.45) is -15.3. The molecule has 4 aliphatic rings. The molecule has 346 valence electrons. The van der Waals surface area contributed by atoms with E-state index in [4.69, 9.17) is 24.1 Å². The molecule has 9 unspecified atom stereocenters. The van der Waals surface area contributed by atoms with Crippen LogP contribution >= 0.6 is 0 Å². The van der Waals surface area contributed by atoms with Gasteiger partial charge in [-0.1, -0.05) is 6.08 Å². The Hall–Kier alpha value is -2.45. The zero-order valence-electron chi connectivity index (χ0n) is 33.3. The van der Waals surface area contributed by atoms with E-state index in [0.29, 0.717) is 32.1 Å². The van der Waals surface area contributed by atoms with Gasteiger partial charge in [-0.25, -0.2) is 4.79 Å². The third-order valence-corrected chi connectivity index (χ3v) is 12.1. The second-order valence-electron chi connectivity index (χ2n) is 16.7. The smallest absolute Gasteiger partial charge is 0.330 e. The fourth-order valence-corrected chi connectivity index (χ4v) is 8.53. The van der Waals surface area contributed by atoms with Crippen LogP contribution in [0.5, 0.6) is 0 Å². The maximum absolute atomic E-state index is 12.2. The van der Waals surface area contributed by atoms with Crippen molar-refractivity contribution in [2.75, 3.05) is 26.4 Å². The van der Waals surface area contributed by atoms with Gasteiger partial charge in [-0.2, -0.15) is 0 Å². The number of aliphatic hydroxyl groups excluding tert-OH is 12. The Morgan fingerprint density at radius 1 is 0.600 bits per heavy atom. The van der Waals surface area contributed by atoms with Crippen LogP contribution < -0.4 is 0 Å². The van der Waals surface area contributed by atoms with Crippen molar-refractivity contribution in [1.82, 2.24) is 0 Å². The van der Waals surface area contributed by atoms with Crippen molar-refractivity contribution in [3.8, 4) is 0 Å². The average molecular weight is 870 g/mol. The number of esters is 2. The lowest BCUT2D eigenvalue weighted by Crippen LogP contribution is -2.59. The third-order valence-electron chi connectivity index (χ3n) is 12.1. The normalized spacial score (nSPS) is 35.2. The number of rotatable bonds is 21. The molecule has 0 amide bonds. The van der Waals surface area contributed by atoms with Gasteiger partial charge < -0.3 is 90.1 Å². The molecule has 0 spiro atoms. The van der Waals surface area contributed by atoms with E-state index in [2.05, 4.69) is 4.74 Å². The summed E-state index contributed by atoms with van der Waals surface area (Å²) >= 11 is 0. The van der Waals surface area contributed by atoms with Crippen molar-refractivity contribution in [3.05, 3.63) is 12.2 Å². The van der Waals surface area contributed by atoms with Gasteiger partial charge in [-0.15, -0.1) is 0 Å². The molecule has 17 atom stereocenters. The first-order valence-electron chi connectivity index (χ1n) is 20.7. The number of allylic oxidation sites excluding steroid dienone is 1. The van der Waals surface area contributed by atoms with Crippen LogP contribution in [-0.2, 0) is 33.3 Å². The minimum Gasteiger partial charge on any atom is -0.481 e. The predicted molar refractivity (Wildman–Crippen MR) is 201 cm³/mol. The maximum Gasteiger partial charge on any atom is 0.330 e. The van der Waals surface area contributed by atoms with Gasteiger partial charge in [-0.3, -0.25) is 9.59 Å². The van der Waals surface area contributed by atoms with Crippen LogP contribution in [0.1, 0.15) is 70.6 Å². The quantitative estimate of drug-likeness (QED) is 0.0223. The molecular formula is C39H65O21+. The largest absolute Gasteiger partial charge is 0.481 e. The minimum atomic E-state index is -2.04. The highest BCUT2D eigenvalue weighted by molar-refractivity contribution is 5.90. The molecule has 14 N–H and O–H groups in total. The van der Waals surface area contributed by atoms with Crippen molar-refractivity contribution in [1.29, 1.82) is 0 Å². The second kappa shape index (κ2) is 23.8. The highest BCUT2D eigenvalue weighted by Crippen LogP contribution is 2.42. The van der Waals surface area contributed by atoms with Gasteiger partial charge in [0, 0.05) is 24.8 Å². The zero-order chi connectivity index (χ0) is 44.3. The molecule has 4 rings (SSSR count). The Morgan fingerprint density at radius 3 is 1.72 bits per heavy atom. The first-order chi connectivity index (χ1) is 28.3. The van der Waals surface area contributed by atoms with E-state index < -0.39 is 148 Å². The summed E-state index contributed by atoms with van der Waals surface area (Å²) in [4.78, 5) is 34.3. The van der Waals surface area contributed by atoms with Crippen LogP contribution in [0.15, 0.2) is 12.2 Å². The number of hydrogen-bond acceptors (Lipinski definition) is 19. The first kappa shape index (κ1) is 50.2. The van der Waals surface area contributed by atoms with Crippen LogP contribution in [0, 0.1) is 17.8 Å². The Bertz CT molecular complexity index is 1360. The molecule has 0 aromatic rings. The minimum absolute atomic E-state index is 0.0619. The molecule has 0 bridgehead atoms. The fourth-order valence-electron chi connectivity index (χ4n) is 8.53. The van der Waals surface area contributed by atoms with Crippen LogP contribution in [-0.4, -0.2) is 213 Å². The van der Waals surface area contributed by atoms with Gasteiger partial charge in [-0.05, 0) is 57.3 Å². The van der Waals surface area contributed by atoms with Crippen LogP contribution in [0.3, 0.4) is 0 Å². The molecule has 21 heteroatoms. The number of ether oxygens (including phenoxy) is 5. The van der Waals surface area contributed by atoms with E-state index >= 15 is 0 Å². The molecule has 3 saturated carbocycles. The highest BCUT2D eigenvalue weighted by Gasteiger charge is 2.53. The lowest BCUT2D eigenvalue weighted by atomic mass is 9.72. The van der Waals surface area contributed by atoms with E-state index in [1.54, 1.807) is 6.08 Å². The summed E-state index contributed by atoms with van der Waals surface area (Å²) in [5.41, 5.74) is 0. The summed E-state index contributed by atoms with van der Waals surface area (Å²) < 4.78 is 26.7. The van der Waals surface area contributed by atoms with Crippen molar-refractivity contribution >= 4 is 17.9 Å². The van der Waals surface area contributed by atoms with Crippen LogP contribution in [0.25, 0.3) is 0 Å². The number of hydrogen-bond donors (Lipinski definition) is 13. The monoisotopic (exact) mass is 869 g/mol. The number of aliphatic carboxylic acids is 1. The van der Waals surface area contributed by atoms with Gasteiger partial charge in [0.1, 0.15) is 74.6 Å². The summed E-state index contributed by atoms with van der Waals surface area (Å²) in [5, 5.41) is 134. The SMILES string of the molecule is O=C(O)CC(=O)OC[C@@H](O)[C@@H](O)[C@H](O)[C@@H](O)COC1CC(O)CC2[OH+]C(C3CCC(O)C(O)C3)C(OC[C@H](O)[C@@H](O)[C@H](O)[C@H](O)COC(=O)C=CC3CCC(O)CC3)CC12. The molecule has 0 aromatic heterocycles. The number of carboxylic acids is 1. The molecule has 0 radical (unpaired) electrons. The predicted octanol–water partition coefficient (Wildman–Crippen LogP) is -4.73. The Labute approximate surface area is 346 Å². The van der Waals surface area contributed by atoms with Crippen molar-refractivity contribution in [2.45, 2.75) is 168 Å². The van der Waals surface area contributed by atoms with Gasteiger partial charge >= 0.3 is 17.9 Å². The molecular weight excluding hydrogens is 804 g/mol. The van der Waals surface area contributed by atoms with Gasteiger partial charge in [0.05, 0.1) is 49.7 Å². The Morgan fingerprint density at radius 2 is 1.15 bits per heavy atom. The van der Waals surface area contributed by atoms with E-state index in [0.717, 1.165) is 0 Å². The van der Waals surface area contributed by atoms with E-state index in [1.807, 2.05) is 0 Å². The van der Waals surface area contributed by atoms with Crippen LogP contribution in [0.4, 0.5) is 0 Å². The molecule has 3 aliphatic carbocycles. The van der Waals surface area contributed by atoms with E-state index in [1.165, 1.54) is 6.08 Å². The van der Waals surface area contributed by atoms with Gasteiger partial charge in [0.15, 0.2) is 12.2 Å². The third kappa shape index (κ3) is 14.8. The summed E-state index contributed by atoms with van der Waals surface area (Å²) in [5.74, 6) is -4.16. The van der Waals surface area contributed by atoms with Crippen molar-refractivity contribution in [2.24, 2.45) is 17.8 Å². The van der Waals surface area contributed by atoms with Crippen molar-refractivity contribution in [3.63, 3.8) is 0 Å². The number of fused-ring (bicyclic) bond motifs is 1. The van der Waals surface area contributed by atoms with Crippen LogP contribution in [0.2, 0.25) is 0 Å². The number of carboxylic acid groups (broad SMARTS) is 1. The van der Waals surface area contributed by atoms with Gasteiger partial charge in [0.25, 0.3) is 0 Å². The molecule has 0 aromatic carbocycles. The molecule has 21 nitrogen and oxygen atoms in total. The first-order valence-corrected chi connectivity index (χ1v) is 20.7. The lowest BCUT2D eigenvalue weighted by Gasteiger charge is -2.47. The molecule has 1 saturated heterocycles. The van der Waals surface area contributed by atoms with Crippen molar-refractivity contribution < 1.29 is 104 Å². The number of carbonyl (C=O) groups excluding carboxylic acids is 2. The highest BCUT2D eigenvalue weighted by atomic mass is 16.6. The Balaban J connectivity index is 1.35. The molecule has 1 heterocycles. The van der Waals surface area contributed by atoms with E-state index in [-0.39, 0.29) is 50.0 Å². The molecule has 60 heavy (non-hydrogen) atoms. The summed E-state index contributed by atoms with van der Waals surface area (Å²) in [7, 11) is 0. The van der Waals surface area contributed by atoms with E-state index in [9.17, 15) is 75.7 Å². The zero-order valence-corrected chi connectivity index (χ0v) is 33.3. The Kier molecular flexibility index (Phi) is 19.9. The summed E-state index contributed by atoms with van der Waals surface area (Å²) in [6.45, 7) is -2.73. The standard InChI is InChI=1S/C39H64O21/c40-20-5-1-18(2-6-20)3-8-33(50)58-16-27(46)37(54)36(53)26(45)15-57-31-12-22-29(10-21(41)11-30(22)60-39(31)19-4-7-23(42)24(43)9-19)56-14-25(44)35(52)38(55)28(47)17-59-34(51)13-32(48)49/h3,8,18-31,35-47,52-55H,1-2,4-7,9-17H2,(H,48,49)/p+1/t18?,19?,20?,21?,22?,23?,24?,25-,26-,27+,28+,29?,30?,31?,35+,36+,37+,38+,39?/m0/s1. The van der Waals surface area contributed by atoms with Gasteiger partial charge in [0.2, 0.25) is 0 Å². The second-order valence-corrected chi connectivity index (χ2v) is 16.7. The lowest BCUT2D eigenvalue weighted by molar-refractivity contribution is -0.310. The fraction of sp³-hybridized carbons (Fsp3) is 0.872. The maximum atomic E-state index is 12.2. The number of carbonyl (C=O) groups is 3.